The van der Waals surface area contributed by atoms with Gasteiger partial charge in [0.2, 0.25) is 0 Å². The van der Waals surface area contributed by atoms with Crippen LogP contribution in [-0.4, -0.2) is 27.6 Å². The van der Waals surface area contributed by atoms with Crippen LogP contribution in [0, 0.1) is 6.92 Å². The lowest BCUT2D eigenvalue weighted by atomic mass is 10.0. The highest BCUT2D eigenvalue weighted by Gasteiger charge is 2.32. The van der Waals surface area contributed by atoms with Crippen molar-refractivity contribution in [3.05, 3.63) is 92.5 Å². The van der Waals surface area contributed by atoms with Crippen LogP contribution in [-0.2, 0) is 9.59 Å². The lowest BCUT2D eigenvalue weighted by molar-refractivity contribution is -0.134. The first-order valence-corrected chi connectivity index (χ1v) is 13.1. The van der Waals surface area contributed by atoms with Gasteiger partial charge >= 0.3 is 10.9 Å². The number of esters is 1. The summed E-state index contributed by atoms with van der Waals surface area (Å²) in [5, 5.41) is 0. The molecule has 3 aromatic carbocycles. The van der Waals surface area contributed by atoms with Crippen molar-refractivity contribution in [2.24, 2.45) is 0 Å². The minimum atomic E-state index is -0.514. The lowest BCUT2D eigenvalue weighted by Gasteiger charge is -2.15. The molecule has 5 rings (SSSR count). The zero-order valence-corrected chi connectivity index (χ0v) is 21.5. The van der Waals surface area contributed by atoms with E-state index in [0.29, 0.717) is 30.8 Å². The SMILES string of the molecule is Cc1ccc(-c2c(OC(=O)CCN3C(=O)C(=Cc4ccccc4)SC3=S)ccc3oc(=O)sc23)cc1. The highest BCUT2D eigenvalue weighted by atomic mass is 32.2. The molecule has 0 aliphatic carbocycles. The van der Waals surface area contributed by atoms with Gasteiger partial charge in [0.25, 0.3) is 5.91 Å². The molecular formula is C27H19NO5S3. The Balaban J connectivity index is 1.34. The van der Waals surface area contributed by atoms with Crippen molar-refractivity contribution in [1.82, 2.24) is 4.90 Å². The molecule has 1 saturated heterocycles. The van der Waals surface area contributed by atoms with Crippen LogP contribution >= 0.6 is 35.3 Å². The molecule has 1 aliphatic rings. The van der Waals surface area contributed by atoms with Gasteiger partial charge in [0.15, 0.2) is 0 Å². The molecule has 0 N–H and O–H groups in total. The van der Waals surface area contributed by atoms with Gasteiger partial charge in [-0.3, -0.25) is 14.5 Å². The molecule has 1 aromatic heterocycles. The van der Waals surface area contributed by atoms with Gasteiger partial charge in [-0.15, -0.1) is 0 Å². The number of hydrogen-bond donors (Lipinski definition) is 0. The van der Waals surface area contributed by atoms with Crippen LogP contribution in [0.2, 0.25) is 0 Å². The summed E-state index contributed by atoms with van der Waals surface area (Å²) in [5.41, 5.74) is 3.83. The van der Waals surface area contributed by atoms with E-state index in [1.807, 2.05) is 61.5 Å². The maximum Gasteiger partial charge on any atom is 0.396 e. The fourth-order valence-corrected chi connectivity index (χ4v) is 5.91. The predicted molar refractivity (Wildman–Crippen MR) is 147 cm³/mol. The number of nitrogens with zero attached hydrogens (tertiary/aromatic N) is 1. The van der Waals surface area contributed by atoms with Crippen LogP contribution in [0.25, 0.3) is 27.5 Å². The van der Waals surface area contributed by atoms with Crippen LogP contribution < -0.4 is 9.68 Å². The molecule has 1 aliphatic heterocycles. The van der Waals surface area contributed by atoms with Crippen molar-refractivity contribution < 1.29 is 18.7 Å². The lowest BCUT2D eigenvalue weighted by Crippen LogP contribution is -2.31. The Morgan fingerprint density at radius 3 is 2.56 bits per heavy atom. The summed E-state index contributed by atoms with van der Waals surface area (Å²) in [4.78, 5) is 39.1. The maximum absolute atomic E-state index is 12.9. The van der Waals surface area contributed by atoms with Gasteiger partial charge in [0.1, 0.15) is 15.7 Å². The number of carbonyl (C=O) groups is 2. The summed E-state index contributed by atoms with van der Waals surface area (Å²) in [5.74, 6) is -0.422. The van der Waals surface area contributed by atoms with E-state index in [-0.39, 0.29) is 18.9 Å². The normalized spacial score (nSPS) is 14.7. The first kappa shape index (κ1) is 24.2. The van der Waals surface area contributed by atoms with Crippen molar-refractivity contribution in [3.8, 4) is 16.9 Å². The van der Waals surface area contributed by atoms with E-state index in [1.165, 1.54) is 16.7 Å². The Labute approximate surface area is 220 Å². The summed E-state index contributed by atoms with van der Waals surface area (Å²) < 4.78 is 12.0. The number of thioether (sulfide) groups is 1. The number of hydrogen-bond acceptors (Lipinski definition) is 8. The monoisotopic (exact) mass is 533 g/mol. The van der Waals surface area contributed by atoms with Gasteiger partial charge in [0.05, 0.1) is 16.0 Å². The molecule has 0 unspecified atom stereocenters. The fourth-order valence-electron chi connectivity index (χ4n) is 3.77. The summed E-state index contributed by atoms with van der Waals surface area (Å²) in [7, 11) is 0. The van der Waals surface area contributed by atoms with Gasteiger partial charge in [-0.05, 0) is 36.3 Å². The molecule has 0 bridgehead atoms. The molecule has 180 valence electrons. The fraction of sp³-hybridized carbons (Fsp3) is 0.111. The number of ether oxygens (including phenoxy) is 1. The number of aryl methyl sites for hydroxylation is 1. The Morgan fingerprint density at radius 2 is 1.81 bits per heavy atom. The molecule has 2 heterocycles. The zero-order chi connectivity index (χ0) is 25.2. The molecule has 0 atom stereocenters. The topological polar surface area (TPSA) is 76.8 Å². The largest absolute Gasteiger partial charge is 0.426 e. The van der Waals surface area contributed by atoms with Crippen molar-refractivity contribution >= 4 is 67.9 Å². The third-order valence-corrected chi connectivity index (χ3v) is 7.77. The van der Waals surface area contributed by atoms with Crippen LogP contribution in [0.1, 0.15) is 17.5 Å². The first-order chi connectivity index (χ1) is 17.4. The number of carbonyl (C=O) groups excluding carboxylic acids is 2. The highest BCUT2D eigenvalue weighted by molar-refractivity contribution is 8.26. The van der Waals surface area contributed by atoms with Crippen LogP contribution in [0.3, 0.4) is 0 Å². The van der Waals surface area contributed by atoms with E-state index < -0.39 is 10.9 Å². The number of benzene rings is 3. The first-order valence-electron chi connectivity index (χ1n) is 11.0. The Bertz CT molecular complexity index is 1570. The standard InChI is InChI=1S/C27H19NO5S3/c1-16-7-9-18(10-8-16)23-19(11-12-20-24(23)36-27(31)33-20)32-22(29)13-14-28-25(30)21(35-26(28)34)15-17-5-3-2-4-6-17/h2-12,15H,13-14H2,1H3. The molecule has 0 spiro atoms. The molecule has 1 amide bonds. The van der Waals surface area contributed by atoms with Crippen LogP contribution in [0.4, 0.5) is 0 Å². The van der Waals surface area contributed by atoms with E-state index in [4.69, 9.17) is 21.4 Å². The number of amides is 1. The number of fused-ring (bicyclic) bond motifs is 1. The van der Waals surface area contributed by atoms with Gasteiger partial charge in [-0.25, -0.2) is 4.79 Å². The molecule has 0 radical (unpaired) electrons. The average Bonchev–Trinajstić information content (AvgIpc) is 3.37. The minimum Gasteiger partial charge on any atom is -0.426 e. The van der Waals surface area contributed by atoms with E-state index in [2.05, 4.69) is 0 Å². The molecule has 1 fully saturated rings. The molecular weight excluding hydrogens is 515 g/mol. The van der Waals surface area contributed by atoms with E-state index in [1.54, 1.807) is 18.2 Å². The van der Waals surface area contributed by atoms with E-state index >= 15 is 0 Å². The molecule has 4 aromatic rings. The van der Waals surface area contributed by atoms with E-state index in [9.17, 15) is 14.4 Å². The summed E-state index contributed by atoms with van der Waals surface area (Å²) in [6, 6.07) is 20.4. The van der Waals surface area contributed by atoms with Crippen LogP contribution in [0.5, 0.6) is 5.75 Å². The molecule has 9 heteroatoms. The van der Waals surface area contributed by atoms with Crippen molar-refractivity contribution in [2.45, 2.75) is 13.3 Å². The minimum absolute atomic E-state index is 0.0436. The second-order valence-electron chi connectivity index (χ2n) is 8.05. The third kappa shape index (κ3) is 5.04. The Kier molecular flexibility index (Phi) is 6.86. The van der Waals surface area contributed by atoms with Gasteiger partial charge in [-0.1, -0.05) is 95.5 Å². The van der Waals surface area contributed by atoms with E-state index in [0.717, 1.165) is 28.0 Å². The summed E-state index contributed by atoms with van der Waals surface area (Å²) >= 11 is 7.56. The van der Waals surface area contributed by atoms with Crippen molar-refractivity contribution in [1.29, 1.82) is 0 Å². The van der Waals surface area contributed by atoms with Crippen LogP contribution in [0.15, 0.2) is 80.8 Å². The summed E-state index contributed by atoms with van der Waals surface area (Å²) in [6.07, 6.45) is 1.75. The molecule has 6 nitrogen and oxygen atoms in total. The predicted octanol–water partition coefficient (Wildman–Crippen LogP) is 6.03. The highest BCUT2D eigenvalue weighted by Crippen LogP contribution is 2.39. The second-order valence-corrected chi connectivity index (χ2v) is 10.7. The summed E-state index contributed by atoms with van der Waals surface area (Å²) in [6.45, 7) is 2.08. The van der Waals surface area contributed by atoms with Crippen molar-refractivity contribution in [2.75, 3.05) is 6.54 Å². The smallest absolute Gasteiger partial charge is 0.396 e. The Hall–Kier alpha value is -3.53. The maximum atomic E-state index is 12.9. The third-order valence-electron chi connectivity index (χ3n) is 5.54. The second kappa shape index (κ2) is 10.2. The number of thiocarbonyl (C=S) groups is 1. The quantitative estimate of drug-likeness (QED) is 0.130. The van der Waals surface area contributed by atoms with Gasteiger partial charge < -0.3 is 9.15 Å². The van der Waals surface area contributed by atoms with Gasteiger partial charge in [0, 0.05) is 12.1 Å². The zero-order valence-electron chi connectivity index (χ0n) is 19.1. The Morgan fingerprint density at radius 1 is 1.06 bits per heavy atom. The molecule has 36 heavy (non-hydrogen) atoms. The number of rotatable bonds is 6. The van der Waals surface area contributed by atoms with Crippen molar-refractivity contribution in [3.63, 3.8) is 0 Å². The average molecular weight is 534 g/mol. The molecule has 0 saturated carbocycles. The van der Waals surface area contributed by atoms with Gasteiger partial charge in [-0.2, -0.15) is 0 Å².